The number of anilines is 1. The average molecular weight is 419 g/mol. The minimum Gasteiger partial charge on any atom is -0.492 e. The molecule has 0 saturated carbocycles. The molecule has 0 spiro atoms. The van der Waals surface area contributed by atoms with Crippen LogP contribution in [-0.2, 0) is 9.53 Å². The van der Waals surface area contributed by atoms with Gasteiger partial charge in [-0.1, -0.05) is 39.5 Å². The van der Waals surface area contributed by atoms with Crippen LogP contribution in [-0.4, -0.2) is 48.8 Å². The number of hydrogen-bond acceptors (Lipinski definition) is 4. The number of likely N-dealkylation sites (tertiary alicyclic amines) is 1. The molecule has 0 bridgehead atoms. The molecule has 1 aliphatic heterocycles. The third kappa shape index (κ3) is 7.92. The highest BCUT2D eigenvalue weighted by molar-refractivity contribution is 5.97. The second-order valence-electron chi connectivity index (χ2n) is 8.74. The summed E-state index contributed by atoms with van der Waals surface area (Å²) in [7, 11) is 0. The van der Waals surface area contributed by atoms with Crippen molar-refractivity contribution in [2.45, 2.75) is 90.7 Å². The predicted molar refractivity (Wildman–Crippen MR) is 124 cm³/mol. The highest BCUT2D eigenvalue weighted by Gasteiger charge is 2.33. The van der Waals surface area contributed by atoms with Gasteiger partial charge >= 0.3 is 0 Å². The Kier molecular flexibility index (Phi) is 10.7. The number of unbranched alkanes of at least 4 members (excludes halogenated alkanes) is 2. The highest BCUT2D eigenvalue weighted by Crippen LogP contribution is 2.24. The third-order valence-corrected chi connectivity index (χ3v) is 6.06. The van der Waals surface area contributed by atoms with Crippen molar-refractivity contribution in [1.82, 2.24) is 4.90 Å². The fourth-order valence-corrected chi connectivity index (χ4v) is 3.96. The van der Waals surface area contributed by atoms with Gasteiger partial charge in [0, 0.05) is 24.9 Å². The van der Waals surface area contributed by atoms with Crippen LogP contribution in [0.5, 0.6) is 5.75 Å². The van der Waals surface area contributed by atoms with Crippen molar-refractivity contribution in [3.63, 3.8) is 0 Å². The van der Waals surface area contributed by atoms with Gasteiger partial charge in [0.25, 0.3) is 5.91 Å². The lowest BCUT2D eigenvalue weighted by molar-refractivity contribution is -0.140. The Bertz CT molecular complexity index is 619. The molecular formula is C25H42N2O3. The van der Waals surface area contributed by atoms with Gasteiger partial charge in [-0.25, -0.2) is 0 Å². The second-order valence-corrected chi connectivity index (χ2v) is 8.74. The van der Waals surface area contributed by atoms with Gasteiger partial charge in [-0.2, -0.15) is 0 Å². The first kappa shape index (κ1) is 24.7. The van der Waals surface area contributed by atoms with Crippen LogP contribution < -0.4 is 10.1 Å². The summed E-state index contributed by atoms with van der Waals surface area (Å²) in [6, 6.07) is 8.32. The molecule has 2 unspecified atom stereocenters. The number of rotatable bonds is 13. The van der Waals surface area contributed by atoms with Crippen LogP contribution in [0.25, 0.3) is 0 Å². The molecule has 1 saturated heterocycles. The van der Waals surface area contributed by atoms with Gasteiger partial charge in [-0.15, -0.1) is 0 Å². The monoisotopic (exact) mass is 418 g/mol. The summed E-state index contributed by atoms with van der Waals surface area (Å²) in [5, 5.41) is 3.03. The van der Waals surface area contributed by atoms with Gasteiger partial charge in [0.2, 0.25) is 0 Å². The first-order valence-electron chi connectivity index (χ1n) is 11.9. The zero-order chi connectivity index (χ0) is 21.8. The number of hydrogen-bond donors (Lipinski definition) is 1. The zero-order valence-corrected chi connectivity index (χ0v) is 19.5. The van der Waals surface area contributed by atoms with Crippen LogP contribution >= 0.6 is 0 Å². The maximum atomic E-state index is 12.9. The van der Waals surface area contributed by atoms with Crippen LogP contribution in [0.2, 0.25) is 0 Å². The van der Waals surface area contributed by atoms with Gasteiger partial charge in [0.05, 0.1) is 0 Å². The van der Waals surface area contributed by atoms with Crippen LogP contribution in [0.3, 0.4) is 0 Å². The fourth-order valence-electron chi connectivity index (χ4n) is 3.96. The Labute approximate surface area is 183 Å². The molecule has 2 atom stereocenters. The molecule has 1 N–H and O–H groups in total. The van der Waals surface area contributed by atoms with Gasteiger partial charge in [-0.3, -0.25) is 9.69 Å². The van der Waals surface area contributed by atoms with E-state index in [2.05, 4.69) is 31.0 Å². The van der Waals surface area contributed by atoms with Gasteiger partial charge < -0.3 is 14.8 Å². The fraction of sp³-hybridized carbons (Fsp3) is 0.720. The lowest BCUT2D eigenvalue weighted by atomic mass is 9.96. The number of piperidine rings is 1. The van der Waals surface area contributed by atoms with E-state index in [1.165, 1.54) is 25.8 Å². The molecule has 1 fully saturated rings. The second kappa shape index (κ2) is 13.0. The number of benzene rings is 1. The zero-order valence-electron chi connectivity index (χ0n) is 19.5. The van der Waals surface area contributed by atoms with Crippen molar-refractivity contribution < 1.29 is 14.3 Å². The van der Waals surface area contributed by atoms with E-state index in [4.69, 9.17) is 9.47 Å². The van der Waals surface area contributed by atoms with Gasteiger partial charge in [0.1, 0.15) is 18.0 Å². The first-order chi connectivity index (χ1) is 14.5. The molecule has 1 aromatic carbocycles. The Morgan fingerprint density at radius 2 is 1.90 bits per heavy atom. The van der Waals surface area contributed by atoms with Crippen molar-refractivity contribution in [3.8, 4) is 5.75 Å². The largest absolute Gasteiger partial charge is 0.492 e. The number of carbonyl (C=O) groups excluding carboxylic acids is 1. The maximum Gasteiger partial charge on any atom is 0.256 e. The molecule has 30 heavy (non-hydrogen) atoms. The predicted octanol–water partition coefficient (Wildman–Crippen LogP) is 5.64. The molecule has 5 heteroatoms. The number of carbonyl (C=O) groups is 1. The van der Waals surface area contributed by atoms with Crippen molar-refractivity contribution in [3.05, 3.63) is 24.3 Å². The number of ether oxygens (including phenoxy) is 2. The lowest BCUT2D eigenvalue weighted by Crippen LogP contribution is -2.43. The molecule has 1 aliphatic rings. The Morgan fingerprint density at radius 1 is 1.13 bits per heavy atom. The van der Waals surface area contributed by atoms with E-state index < -0.39 is 5.60 Å². The van der Waals surface area contributed by atoms with Crippen LogP contribution in [0.4, 0.5) is 5.69 Å². The van der Waals surface area contributed by atoms with Crippen molar-refractivity contribution >= 4 is 11.6 Å². The van der Waals surface area contributed by atoms with Crippen LogP contribution in [0.15, 0.2) is 24.3 Å². The molecule has 1 aromatic rings. The normalized spacial score (nSPS) is 19.3. The van der Waals surface area contributed by atoms with E-state index in [-0.39, 0.29) is 5.91 Å². The Morgan fingerprint density at radius 3 is 2.57 bits per heavy atom. The van der Waals surface area contributed by atoms with E-state index in [1.807, 2.05) is 31.2 Å². The van der Waals surface area contributed by atoms with Crippen molar-refractivity contribution in [2.24, 2.45) is 0 Å². The number of nitrogens with one attached hydrogen (secondary N) is 1. The molecule has 0 aliphatic carbocycles. The lowest BCUT2D eigenvalue weighted by Gasteiger charge is -2.33. The van der Waals surface area contributed by atoms with E-state index in [0.717, 1.165) is 50.1 Å². The molecule has 1 amide bonds. The summed E-state index contributed by atoms with van der Waals surface area (Å²) in [6.45, 7) is 11.9. The van der Waals surface area contributed by atoms with E-state index in [1.54, 1.807) is 0 Å². The van der Waals surface area contributed by atoms with Crippen molar-refractivity contribution in [2.75, 3.05) is 31.6 Å². The molecule has 0 aromatic heterocycles. The van der Waals surface area contributed by atoms with E-state index in [9.17, 15) is 4.79 Å². The highest BCUT2D eigenvalue weighted by atomic mass is 16.5. The summed E-state index contributed by atoms with van der Waals surface area (Å²) in [6.07, 6.45) is 8.79. The maximum absolute atomic E-state index is 12.9. The minimum atomic E-state index is -0.786. The molecule has 1 heterocycles. The summed E-state index contributed by atoms with van der Waals surface area (Å²) >= 11 is 0. The molecule has 2 rings (SSSR count). The SMILES string of the molecule is CCCCCC(C)(OCCC)C(=O)Nc1ccc(OCCN2CCCCC2C)cc1. The van der Waals surface area contributed by atoms with Gasteiger partial charge in [-0.05, 0) is 70.3 Å². The first-order valence-corrected chi connectivity index (χ1v) is 11.9. The topological polar surface area (TPSA) is 50.8 Å². The van der Waals surface area contributed by atoms with E-state index >= 15 is 0 Å². The minimum absolute atomic E-state index is 0.0696. The van der Waals surface area contributed by atoms with E-state index in [0.29, 0.717) is 19.3 Å². The number of amides is 1. The van der Waals surface area contributed by atoms with Gasteiger partial charge in [0.15, 0.2) is 0 Å². The smallest absolute Gasteiger partial charge is 0.256 e. The third-order valence-electron chi connectivity index (χ3n) is 6.06. The summed E-state index contributed by atoms with van der Waals surface area (Å²) < 4.78 is 11.9. The summed E-state index contributed by atoms with van der Waals surface area (Å²) in [4.78, 5) is 15.4. The van der Waals surface area contributed by atoms with Crippen LogP contribution in [0.1, 0.15) is 79.1 Å². The number of nitrogens with zero attached hydrogens (tertiary/aromatic N) is 1. The standard InChI is InChI=1S/C25H42N2O3/c1-5-7-9-16-25(4,30-19-6-2)24(28)26-22-12-14-23(15-13-22)29-20-18-27-17-10-8-11-21(27)3/h12-15,21H,5-11,16-20H2,1-4H3,(H,26,28). The van der Waals surface area contributed by atoms with Crippen LogP contribution in [0, 0.1) is 0 Å². The molecular weight excluding hydrogens is 376 g/mol. The quantitative estimate of drug-likeness (QED) is 0.421. The van der Waals surface area contributed by atoms with Crippen molar-refractivity contribution in [1.29, 1.82) is 0 Å². The summed E-state index contributed by atoms with van der Waals surface area (Å²) in [5.41, 5.74) is -0.00954. The summed E-state index contributed by atoms with van der Waals surface area (Å²) in [5.74, 6) is 0.769. The molecule has 5 nitrogen and oxygen atoms in total. The Hall–Kier alpha value is -1.59. The molecule has 0 radical (unpaired) electrons. The Balaban J connectivity index is 1.84. The molecule has 170 valence electrons. The average Bonchev–Trinajstić information content (AvgIpc) is 2.75.